The summed E-state index contributed by atoms with van der Waals surface area (Å²) in [6, 6.07) is 9.52. The Balaban J connectivity index is 2.12. The van der Waals surface area contributed by atoms with Crippen molar-refractivity contribution in [1.82, 2.24) is 10.3 Å². The molecule has 1 amide bonds. The Morgan fingerprint density at radius 1 is 1.24 bits per heavy atom. The number of pyridine rings is 1. The summed E-state index contributed by atoms with van der Waals surface area (Å²) in [5.74, 6) is -1.54. The van der Waals surface area contributed by atoms with Crippen LogP contribution in [0.1, 0.15) is 15.9 Å². The van der Waals surface area contributed by atoms with Gasteiger partial charge in [0.1, 0.15) is 6.04 Å². The highest BCUT2D eigenvalue weighted by Crippen LogP contribution is 2.17. The number of hydrogen-bond donors (Lipinski definition) is 2. The number of hydrogen-bond acceptors (Lipinski definition) is 3. The van der Waals surface area contributed by atoms with Crippen molar-refractivity contribution in [2.24, 2.45) is 0 Å². The van der Waals surface area contributed by atoms with Crippen molar-refractivity contribution in [3.8, 4) is 0 Å². The maximum atomic E-state index is 12.0. The third-order valence-corrected chi connectivity index (χ3v) is 3.68. The van der Waals surface area contributed by atoms with Crippen molar-refractivity contribution >= 4 is 27.8 Å². The molecule has 1 heterocycles. The molecule has 0 aliphatic carbocycles. The molecule has 0 aliphatic heterocycles. The van der Waals surface area contributed by atoms with Gasteiger partial charge in [0.2, 0.25) is 0 Å². The Labute approximate surface area is 130 Å². The summed E-state index contributed by atoms with van der Waals surface area (Å²) in [5, 5.41) is 11.8. The predicted molar refractivity (Wildman–Crippen MR) is 81.0 cm³/mol. The first-order chi connectivity index (χ1) is 10.1. The molecule has 0 fully saturated rings. The maximum absolute atomic E-state index is 12.0. The van der Waals surface area contributed by atoms with Gasteiger partial charge in [-0.1, -0.05) is 34.1 Å². The Morgan fingerprint density at radius 3 is 2.62 bits per heavy atom. The largest absolute Gasteiger partial charge is 0.480 e. The highest BCUT2D eigenvalue weighted by atomic mass is 79.9. The standard InChI is InChI=1S/C15H13BrN2O3/c16-12-6-2-1-4-10(12)8-13(15(20)21)18-14(19)11-5-3-7-17-9-11/h1-7,9,13H,8H2,(H,18,19)(H,20,21)/t13-/m0/s1. The maximum Gasteiger partial charge on any atom is 0.326 e. The molecule has 1 atom stereocenters. The SMILES string of the molecule is O=C(N[C@@H](Cc1ccccc1Br)C(=O)O)c1cccnc1. The van der Waals surface area contributed by atoms with Gasteiger partial charge in [-0.15, -0.1) is 0 Å². The van der Waals surface area contributed by atoms with Crippen molar-refractivity contribution in [3.63, 3.8) is 0 Å². The fourth-order valence-corrected chi connectivity index (χ4v) is 2.27. The molecule has 0 saturated carbocycles. The molecule has 0 unspecified atom stereocenters. The second kappa shape index (κ2) is 6.99. The van der Waals surface area contributed by atoms with E-state index >= 15 is 0 Å². The molecule has 2 N–H and O–H groups in total. The summed E-state index contributed by atoms with van der Waals surface area (Å²) in [6.45, 7) is 0. The number of carboxylic acids is 1. The van der Waals surface area contributed by atoms with Crippen LogP contribution in [0.2, 0.25) is 0 Å². The van der Waals surface area contributed by atoms with Crippen molar-refractivity contribution in [2.45, 2.75) is 12.5 Å². The average molecular weight is 349 g/mol. The minimum Gasteiger partial charge on any atom is -0.480 e. The molecular formula is C15H13BrN2O3. The van der Waals surface area contributed by atoms with E-state index in [0.29, 0.717) is 5.56 Å². The van der Waals surface area contributed by atoms with E-state index in [2.05, 4.69) is 26.2 Å². The second-order valence-electron chi connectivity index (χ2n) is 4.40. The minimum absolute atomic E-state index is 0.197. The zero-order valence-electron chi connectivity index (χ0n) is 11.0. The van der Waals surface area contributed by atoms with E-state index in [0.717, 1.165) is 10.0 Å². The van der Waals surface area contributed by atoms with Gasteiger partial charge in [-0.3, -0.25) is 9.78 Å². The smallest absolute Gasteiger partial charge is 0.326 e. The number of benzene rings is 1. The lowest BCUT2D eigenvalue weighted by molar-refractivity contribution is -0.139. The van der Waals surface area contributed by atoms with Gasteiger partial charge in [0.25, 0.3) is 5.91 Å². The molecule has 21 heavy (non-hydrogen) atoms. The average Bonchev–Trinajstić information content (AvgIpc) is 2.49. The van der Waals surface area contributed by atoms with Gasteiger partial charge in [0.05, 0.1) is 5.56 Å². The second-order valence-corrected chi connectivity index (χ2v) is 5.26. The number of nitrogens with one attached hydrogen (secondary N) is 1. The number of rotatable bonds is 5. The Bertz CT molecular complexity index is 646. The molecule has 0 saturated heterocycles. The van der Waals surface area contributed by atoms with Crippen molar-refractivity contribution in [3.05, 3.63) is 64.4 Å². The first-order valence-corrected chi connectivity index (χ1v) is 7.04. The molecule has 108 valence electrons. The molecule has 2 aromatic rings. The van der Waals surface area contributed by atoms with Gasteiger partial charge in [-0.2, -0.15) is 0 Å². The number of aliphatic carboxylic acids is 1. The third-order valence-electron chi connectivity index (χ3n) is 2.91. The van der Waals surface area contributed by atoms with E-state index in [4.69, 9.17) is 0 Å². The van der Waals surface area contributed by atoms with Gasteiger partial charge in [0.15, 0.2) is 0 Å². The van der Waals surface area contributed by atoms with Crippen molar-refractivity contribution in [2.75, 3.05) is 0 Å². The summed E-state index contributed by atoms with van der Waals surface area (Å²) in [4.78, 5) is 27.2. The quantitative estimate of drug-likeness (QED) is 0.868. The van der Waals surface area contributed by atoms with Crippen LogP contribution >= 0.6 is 15.9 Å². The van der Waals surface area contributed by atoms with Gasteiger partial charge >= 0.3 is 5.97 Å². The lowest BCUT2D eigenvalue weighted by Crippen LogP contribution is -2.42. The number of nitrogens with zero attached hydrogens (tertiary/aromatic N) is 1. The number of carbonyl (C=O) groups is 2. The first-order valence-electron chi connectivity index (χ1n) is 6.25. The molecule has 2 rings (SSSR count). The molecule has 1 aromatic heterocycles. The van der Waals surface area contributed by atoms with E-state index in [-0.39, 0.29) is 6.42 Å². The predicted octanol–water partition coefficient (Wildman–Crippen LogP) is 2.27. The summed E-state index contributed by atoms with van der Waals surface area (Å²) in [7, 11) is 0. The monoisotopic (exact) mass is 348 g/mol. The Hall–Kier alpha value is -2.21. The van der Waals surface area contributed by atoms with Crippen LogP contribution in [-0.2, 0) is 11.2 Å². The van der Waals surface area contributed by atoms with Gasteiger partial charge in [0, 0.05) is 23.3 Å². The molecule has 1 aromatic carbocycles. The number of carbonyl (C=O) groups excluding carboxylic acids is 1. The van der Waals surface area contributed by atoms with Crippen LogP contribution in [0.4, 0.5) is 0 Å². The fraction of sp³-hybridized carbons (Fsp3) is 0.133. The van der Waals surface area contributed by atoms with Crippen molar-refractivity contribution in [1.29, 1.82) is 0 Å². The fourth-order valence-electron chi connectivity index (χ4n) is 1.82. The van der Waals surface area contributed by atoms with E-state index in [1.807, 2.05) is 24.3 Å². The zero-order chi connectivity index (χ0) is 15.2. The summed E-state index contributed by atoms with van der Waals surface area (Å²) in [5.41, 5.74) is 1.15. The number of carboxylic acid groups (broad SMARTS) is 1. The Kier molecular flexibility index (Phi) is 5.05. The molecule has 0 radical (unpaired) electrons. The molecule has 6 heteroatoms. The van der Waals surface area contributed by atoms with Crippen LogP contribution in [0, 0.1) is 0 Å². The first kappa shape index (κ1) is 15.2. The number of aromatic nitrogens is 1. The van der Waals surface area contributed by atoms with Crippen LogP contribution in [0.3, 0.4) is 0 Å². The van der Waals surface area contributed by atoms with Crippen molar-refractivity contribution < 1.29 is 14.7 Å². The number of halogens is 1. The van der Waals surface area contributed by atoms with Crippen LogP contribution in [0.25, 0.3) is 0 Å². The molecular weight excluding hydrogens is 336 g/mol. The van der Waals surface area contributed by atoms with E-state index in [1.165, 1.54) is 6.20 Å². The van der Waals surface area contributed by atoms with Crippen LogP contribution in [-0.4, -0.2) is 28.0 Å². The van der Waals surface area contributed by atoms with E-state index < -0.39 is 17.9 Å². The number of amides is 1. The molecule has 0 bridgehead atoms. The van der Waals surface area contributed by atoms with Crippen LogP contribution < -0.4 is 5.32 Å². The molecule has 5 nitrogen and oxygen atoms in total. The molecule has 0 spiro atoms. The lowest BCUT2D eigenvalue weighted by Gasteiger charge is -2.15. The van der Waals surface area contributed by atoms with Gasteiger partial charge in [-0.05, 0) is 23.8 Å². The van der Waals surface area contributed by atoms with Gasteiger partial charge in [-0.25, -0.2) is 4.79 Å². The van der Waals surface area contributed by atoms with E-state index in [9.17, 15) is 14.7 Å². The third kappa shape index (κ3) is 4.13. The van der Waals surface area contributed by atoms with Gasteiger partial charge < -0.3 is 10.4 Å². The van der Waals surface area contributed by atoms with Crippen LogP contribution in [0.5, 0.6) is 0 Å². The highest BCUT2D eigenvalue weighted by Gasteiger charge is 2.22. The zero-order valence-corrected chi connectivity index (χ0v) is 12.6. The van der Waals surface area contributed by atoms with E-state index in [1.54, 1.807) is 18.3 Å². The lowest BCUT2D eigenvalue weighted by atomic mass is 10.1. The summed E-state index contributed by atoms with van der Waals surface area (Å²) < 4.78 is 0.812. The van der Waals surface area contributed by atoms with Crippen LogP contribution in [0.15, 0.2) is 53.3 Å². The normalized spacial score (nSPS) is 11.7. The minimum atomic E-state index is -1.08. The topological polar surface area (TPSA) is 79.3 Å². The Morgan fingerprint density at radius 2 is 2.00 bits per heavy atom. The summed E-state index contributed by atoms with van der Waals surface area (Å²) in [6.07, 6.45) is 3.14. The molecule has 0 aliphatic rings. The highest BCUT2D eigenvalue weighted by molar-refractivity contribution is 9.10. The summed E-state index contributed by atoms with van der Waals surface area (Å²) >= 11 is 3.37.